The molecule has 1 amide bonds. The summed E-state index contributed by atoms with van der Waals surface area (Å²) in [5.74, 6) is -1.21. The number of hydrogen-bond donors (Lipinski definition) is 1. The topological polar surface area (TPSA) is 79.0 Å². The van der Waals surface area contributed by atoms with Gasteiger partial charge in [0.25, 0.3) is 0 Å². The SMILES string of the molecule is CS(=O)(=O)N(CC(=O)NCc1cccc(CN2CCOCC2)c1)c1ccccc1F. The van der Waals surface area contributed by atoms with Gasteiger partial charge in [0.05, 0.1) is 25.2 Å². The lowest BCUT2D eigenvalue weighted by Crippen LogP contribution is -2.40. The van der Waals surface area contributed by atoms with Crippen LogP contribution < -0.4 is 9.62 Å². The van der Waals surface area contributed by atoms with Crippen LogP contribution in [0.2, 0.25) is 0 Å². The third-order valence-corrected chi connectivity index (χ3v) is 5.93. The molecule has 2 aromatic carbocycles. The van der Waals surface area contributed by atoms with Crippen LogP contribution in [0, 0.1) is 5.82 Å². The van der Waals surface area contributed by atoms with E-state index in [2.05, 4.69) is 10.2 Å². The molecule has 0 aliphatic carbocycles. The first-order valence-electron chi connectivity index (χ1n) is 9.70. The molecule has 1 saturated heterocycles. The number of amides is 1. The molecule has 1 heterocycles. The first kappa shape index (κ1) is 22.2. The van der Waals surface area contributed by atoms with Crippen LogP contribution in [0.25, 0.3) is 0 Å². The lowest BCUT2D eigenvalue weighted by molar-refractivity contribution is -0.119. The molecule has 9 heteroatoms. The lowest BCUT2D eigenvalue weighted by atomic mass is 10.1. The van der Waals surface area contributed by atoms with Gasteiger partial charge in [-0.05, 0) is 23.3 Å². The van der Waals surface area contributed by atoms with Crippen molar-refractivity contribution in [3.63, 3.8) is 0 Å². The van der Waals surface area contributed by atoms with E-state index in [1.54, 1.807) is 0 Å². The molecule has 162 valence electrons. The highest BCUT2D eigenvalue weighted by Crippen LogP contribution is 2.21. The second-order valence-electron chi connectivity index (χ2n) is 7.21. The van der Waals surface area contributed by atoms with Gasteiger partial charge >= 0.3 is 0 Å². The number of hydrogen-bond acceptors (Lipinski definition) is 5. The van der Waals surface area contributed by atoms with Gasteiger partial charge in [-0.25, -0.2) is 12.8 Å². The summed E-state index contributed by atoms with van der Waals surface area (Å²) in [7, 11) is -3.82. The Bertz CT molecular complexity index is 978. The van der Waals surface area contributed by atoms with Crippen molar-refractivity contribution in [2.75, 3.05) is 43.4 Å². The highest BCUT2D eigenvalue weighted by molar-refractivity contribution is 7.92. The Morgan fingerprint density at radius 2 is 1.83 bits per heavy atom. The monoisotopic (exact) mass is 435 g/mol. The Morgan fingerprint density at radius 1 is 1.13 bits per heavy atom. The maximum atomic E-state index is 14.1. The summed E-state index contributed by atoms with van der Waals surface area (Å²) in [6.45, 7) is 3.80. The Labute approximate surface area is 176 Å². The standard InChI is InChI=1S/C21H26FN3O4S/c1-30(27,28)25(20-8-3-2-7-19(20)22)16-21(26)23-14-17-5-4-6-18(13-17)15-24-9-11-29-12-10-24/h2-8,13H,9-12,14-16H2,1H3,(H,23,26). The summed E-state index contributed by atoms with van der Waals surface area (Å²) in [6, 6.07) is 13.3. The van der Waals surface area contributed by atoms with Gasteiger partial charge in [0.2, 0.25) is 15.9 Å². The van der Waals surface area contributed by atoms with E-state index in [-0.39, 0.29) is 12.2 Å². The van der Waals surface area contributed by atoms with Crippen LogP contribution in [0.5, 0.6) is 0 Å². The zero-order valence-corrected chi connectivity index (χ0v) is 17.7. The van der Waals surface area contributed by atoms with E-state index in [0.717, 1.165) is 60.6 Å². The van der Waals surface area contributed by atoms with E-state index in [0.29, 0.717) is 0 Å². The number of ether oxygens (including phenoxy) is 1. The van der Waals surface area contributed by atoms with Crippen molar-refractivity contribution < 1.29 is 22.3 Å². The molecule has 2 aromatic rings. The molecule has 3 rings (SSSR count). The van der Waals surface area contributed by atoms with Crippen LogP contribution in [0.3, 0.4) is 0 Å². The fourth-order valence-electron chi connectivity index (χ4n) is 3.28. The number of halogens is 1. The van der Waals surface area contributed by atoms with Crippen LogP contribution in [0.1, 0.15) is 11.1 Å². The average molecular weight is 436 g/mol. The highest BCUT2D eigenvalue weighted by atomic mass is 32.2. The third kappa shape index (κ3) is 6.25. The molecule has 0 bridgehead atoms. The van der Waals surface area contributed by atoms with E-state index >= 15 is 0 Å². The molecular weight excluding hydrogens is 409 g/mol. The maximum Gasteiger partial charge on any atom is 0.241 e. The van der Waals surface area contributed by atoms with Crippen LogP contribution in [-0.2, 0) is 32.6 Å². The van der Waals surface area contributed by atoms with Gasteiger partial charge in [0.15, 0.2) is 0 Å². The smallest absolute Gasteiger partial charge is 0.241 e. The largest absolute Gasteiger partial charge is 0.379 e. The molecule has 7 nitrogen and oxygen atoms in total. The molecule has 0 radical (unpaired) electrons. The van der Waals surface area contributed by atoms with Gasteiger partial charge in [-0.15, -0.1) is 0 Å². The van der Waals surface area contributed by atoms with Crippen molar-refractivity contribution in [2.45, 2.75) is 13.1 Å². The van der Waals surface area contributed by atoms with Gasteiger partial charge < -0.3 is 10.1 Å². The molecule has 1 fully saturated rings. The summed E-state index contributed by atoms with van der Waals surface area (Å²) in [5.41, 5.74) is 1.89. The number of nitrogens with one attached hydrogen (secondary N) is 1. The predicted octanol–water partition coefficient (Wildman–Crippen LogP) is 1.74. The zero-order chi connectivity index (χ0) is 21.6. The summed E-state index contributed by atoms with van der Waals surface area (Å²) in [5, 5.41) is 2.72. The zero-order valence-electron chi connectivity index (χ0n) is 16.9. The maximum absolute atomic E-state index is 14.1. The quantitative estimate of drug-likeness (QED) is 0.683. The number of nitrogens with zero attached hydrogens (tertiary/aromatic N) is 2. The Kier molecular flexibility index (Phi) is 7.41. The number of carbonyl (C=O) groups is 1. The van der Waals surface area contributed by atoms with Crippen LogP contribution >= 0.6 is 0 Å². The summed E-state index contributed by atoms with van der Waals surface area (Å²) < 4.78 is 44.4. The van der Waals surface area contributed by atoms with Gasteiger partial charge in [-0.2, -0.15) is 0 Å². The number of para-hydroxylation sites is 1. The minimum absolute atomic E-state index is 0.150. The average Bonchev–Trinajstić information content (AvgIpc) is 2.71. The molecule has 0 unspecified atom stereocenters. The Balaban J connectivity index is 1.60. The van der Waals surface area contributed by atoms with Crippen molar-refractivity contribution in [3.05, 3.63) is 65.5 Å². The number of sulfonamides is 1. The Morgan fingerprint density at radius 3 is 2.53 bits per heavy atom. The fraction of sp³-hybridized carbons (Fsp3) is 0.381. The molecule has 1 aliphatic rings. The van der Waals surface area contributed by atoms with E-state index < -0.39 is 28.3 Å². The van der Waals surface area contributed by atoms with Crippen molar-refractivity contribution in [1.82, 2.24) is 10.2 Å². The number of carbonyl (C=O) groups excluding carboxylic acids is 1. The van der Waals surface area contributed by atoms with Crippen LogP contribution in [-0.4, -0.2) is 58.3 Å². The number of morpholine rings is 1. The van der Waals surface area contributed by atoms with Crippen molar-refractivity contribution >= 4 is 21.6 Å². The third-order valence-electron chi connectivity index (χ3n) is 4.80. The van der Waals surface area contributed by atoms with E-state index in [1.807, 2.05) is 24.3 Å². The molecule has 1 aliphatic heterocycles. The molecular formula is C21H26FN3O4S. The molecule has 0 atom stereocenters. The first-order chi connectivity index (χ1) is 14.3. The van der Waals surface area contributed by atoms with Gasteiger partial charge in [-0.1, -0.05) is 36.4 Å². The highest BCUT2D eigenvalue weighted by Gasteiger charge is 2.23. The predicted molar refractivity (Wildman–Crippen MR) is 113 cm³/mol. The first-order valence-corrected chi connectivity index (χ1v) is 11.5. The normalized spacial score (nSPS) is 15.0. The molecule has 30 heavy (non-hydrogen) atoms. The van der Waals surface area contributed by atoms with E-state index in [9.17, 15) is 17.6 Å². The molecule has 0 aromatic heterocycles. The fourth-order valence-corrected chi connectivity index (χ4v) is 4.13. The lowest BCUT2D eigenvalue weighted by Gasteiger charge is -2.26. The molecule has 0 spiro atoms. The Hall–Kier alpha value is -2.49. The molecule has 0 saturated carbocycles. The van der Waals surface area contributed by atoms with Crippen molar-refractivity contribution in [1.29, 1.82) is 0 Å². The van der Waals surface area contributed by atoms with Crippen LogP contribution in [0.4, 0.5) is 10.1 Å². The molecule has 1 N–H and O–H groups in total. The van der Waals surface area contributed by atoms with Gasteiger partial charge in [0, 0.05) is 26.2 Å². The number of benzene rings is 2. The van der Waals surface area contributed by atoms with Crippen molar-refractivity contribution in [3.8, 4) is 0 Å². The second kappa shape index (κ2) is 10.0. The minimum atomic E-state index is -3.82. The summed E-state index contributed by atoms with van der Waals surface area (Å²) in [6.07, 6.45) is 0.946. The summed E-state index contributed by atoms with van der Waals surface area (Å²) >= 11 is 0. The van der Waals surface area contributed by atoms with Crippen molar-refractivity contribution in [2.24, 2.45) is 0 Å². The van der Waals surface area contributed by atoms with E-state index in [1.165, 1.54) is 18.2 Å². The van der Waals surface area contributed by atoms with Gasteiger partial charge in [-0.3, -0.25) is 14.0 Å². The minimum Gasteiger partial charge on any atom is -0.379 e. The van der Waals surface area contributed by atoms with Crippen LogP contribution in [0.15, 0.2) is 48.5 Å². The van der Waals surface area contributed by atoms with E-state index in [4.69, 9.17) is 4.74 Å². The second-order valence-corrected chi connectivity index (χ2v) is 9.11. The summed E-state index contributed by atoms with van der Waals surface area (Å²) in [4.78, 5) is 14.7. The number of anilines is 1. The van der Waals surface area contributed by atoms with Gasteiger partial charge in [0.1, 0.15) is 12.4 Å². The number of rotatable bonds is 8.